The van der Waals surface area contributed by atoms with Crippen LogP contribution in [0.5, 0.6) is 0 Å². The van der Waals surface area contributed by atoms with Crippen LogP contribution in [0.3, 0.4) is 0 Å². The van der Waals surface area contributed by atoms with Crippen LogP contribution in [0.15, 0.2) is 48.7 Å². The SMILES string of the molecule is N#Cc1cccc(NCCC(=O)NCc2ccccn2)c1. The number of hydrogen-bond acceptors (Lipinski definition) is 4. The van der Waals surface area contributed by atoms with Gasteiger partial charge in [-0.3, -0.25) is 9.78 Å². The highest BCUT2D eigenvalue weighted by Gasteiger charge is 2.02. The second-order valence-corrected chi connectivity index (χ2v) is 4.47. The molecule has 0 unspecified atom stereocenters. The van der Waals surface area contributed by atoms with Gasteiger partial charge < -0.3 is 10.6 Å². The Kier molecular flexibility index (Phi) is 5.30. The molecule has 0 fully saturated rings. The van der Waals surface area contributed by atoms with E-state index in [0.29, 0.717) is 25.1 Å². The van der Waals surface area contributed by atoms with E-state index in [9.17, 15) is 4.79 Å². The van der Waals surface area contributed by atoms with Crippen LogP contribution in [0.1, 0.15) is 17.7 Å². The first kappa shape index (κ1) is 14.5. The van der Waals surface area contributed by atoms with Crippen LogP contribution in [0.25, 0.3) is 0 Å². The number of carbonyl (C=O) groups excluding carboxylic acids is 1. The van der Waals surface area contributed by atoms with Crippen molar-refractivity contribution in [1.29, 1.82) is 5.26 Å². The Morgan fingerprint density at radius 3 is 2.90 bits per heavy atom. The third-order valence-corrected chi connectivity index (χ3v) is 2.87. The Labute approximate surface area is 123 Å². The van der Waals surface area contributed by atoms with Gasteiger partial charge in [0.15, 0.2) is 0 Å². The first-order valence-corrected chi connectivity index (χ1v) is 6.68. The third kappa shape index (κ3) is 4.96. The highest BCUT2D eigenvalue weighted by Crippen LogP contribution is 2.09. The number of aromatic nitrogens is 1. The van der Waals surface area contributed by atoms with Crippen molar-refractivity contribution in [2.75, 3.05) is 11.9 Å². The maximum absolute atomic E-state index is 11.7. The van der Waals surface area contributed by atoms with E-state index in [1.165, 1.54) is 0 Å². The largest absolute Gasteiger partial charge is 0.384 e. The van der Waals surface area contributed by atoms with Crippen LogP contribution in [0.4, 0.5) is 5.69 Å². The third-order valence-electron chi connectivity index (χ3n) is 2.87. The average molecular weight is 280 g/mol. The molecule has 0 bridgehead atoms. The standard InChI is InChI=1S/C16H16N4O/c17-11-13-4-3-6-14(10-13)19-9-7-16(21)20-12-15-5-1-2-8-18-15/h1-6,8,10,19H,7,9,12H2,(H,20,21). The Balaban J connectivity index is 1.71. The number of nitrogens with zero attached hydrogens (tertiary/aromatic N) is 2. The summed E-state index contributed by atoms with van der Waals surface area (Å²) in [5.41, 5.74) is 2.27. The molecule has 0 saturated heterocycles. The van der Waals surface area contributed by atoms with Gasteiger partial charge in [0.1, 0.15) is 0 Å². The van der Waals surface area contributed by atoms with Crippen molar-refractivity contribution in [2.45, 2.75) is 13.0 Å². The van der Waals surface area contributed by atoms with E-state index in [1.54, 1.807) is 18.3 Å². The normalized spacial score (nSPS) is 9.67. The maximum Gasteiger partial charge on any atom is 0.222 e. The van der Waals surface area contributed by atoms with Crippen LogP contribution in [-0.4, -0.2) is 17.4 Å². The van der Waals surface area contributed by atoms with E-state index >= 15 is 0 Å². The predicted octanol–water partition coefficient (Wildman–Crippen LogP) is 2.07. The average Bonchev–Trinajstić information content (AvgIpc) is 2.54. The van der Waals surface area contributed by atoms with E-state index in [1.807, 2.05) is 30.3 Å². The van der Waals surface area contributed by atoms with E-state index in [-0.39, 0.29) is 5.91 Å². The second-order valence-electron chi connectivity index (χ2n) is 4.47. The molecular weight excluding hydrogens is 264 g/mol. The monoisotopic (exact) mass is 280 g/mol. The molecule has 1 amide bonds. The molecule has 0 aliphatic carbocycles. The maximum atomic E-state index is 11.7. The molecule has 0 aliphatic heterocycles. The molecule has 106 valence electrons. The fourth-order valence-corrected chi connectivity index (χ4v) is 1.80. The van der Waals surface area contributed by atoms with Crippen molar-refractivity contribution in [3.8, 4) is 6.07 Å². The minimum Gasteiger partial charge on any atom is -0.384 e. The summed E-state index contributed by atoms with van der Waals surface area (Å²) in [6, 6.07) is 14.8. The number of hydrogen-bond donors (Lipinski definition) is 2. The number of amides is 1. The number of nitriles is 1. The van der Waals surface area contributed by atoms with E-state index < -0.39 is 0 Å². The molecule has 0 spiro atoms. The second kappa shape index (κ2) is 7.65. The zero-order chi connectivity index (χ0) is 14.9. The highest BCUT2D eigenvalue weighted by molar-refractivity contribution is 5.76. The Bertz CT molecular complexity index is 634. The molecule has 2 rings (SSSR count). The molecule has 0 aliphatic rings. The van der Waals surface area contributed by atoms with Gasteiger partial charge in [0, 0.05) is 24.8 Å². The molecule has 5 heteroatoms. The van der Waals surface area contributed by atoms with Crippen molar-refractivity contribution in [3.05, 3.63) is 59.9 Å². The van der Waals surface area contributed by atoms with Crippen LogP contribution in [0.2, 0.25) is 0 Å². The first-order valence-electron chi connectivity index (χ1n) is 6.68. The van der Waals surface area contributed by atoms with Gasteiger partial charge >= 0.3 is 0 Å². The quantitative estimate of drug-likeness (QED) is 0.849. The first-order chi connectivity index (χ1) is 10.3. The van der Waals surface area contributed by atoms with Crippen LogP contribution in [-0.2, 0) is 11.3 Å². The summed E-state index contributed by atoms with van der Waals surface area (Å²) in [6.45, 7) is 0.951. The van der Waals surface area contributed by atoms with E-state index in [2.05, 4.69) is 21.7 Å². The summed E-state index contributed by atoms with van der Waals surface area (Å²) >= 11 is 0. The highest BCUT2D eigenvalue weighted by atomic mass is 16.1. The summed E-state index contributed by atoms with van der Waals surface area (Å²) in [5, 5.41) is 14.7. The van der Waals surface area contributed by atoms with Crippen molar-refractivity contribution in [3.63, 3.8) is 0 Å². The van der Waals surface area contributed by atoms with Crippen molar-refractivity contribution >= 4 is 11.6 Å². The van der Waals surface area contributed by atoms with Crippen LogP contribution in [0, 0.1) is 11.3 Å². The molecule has 0 radical (unpaired) electrons. The minimum absolute atomic E-state index is 0.0374. The van der Waals surface area contributed by atoms with Crippen molar-refractivity contribution in [1.82, 2.24) is 10.3 Å². The van der Waals surface area contributed by atoms with Gasteiger partial charge in [0.05, 0.1) is 23.9 Å². The number of carbonyl (C=O) groups is 1. The minimum atomic E-state index is -0.0374. The predicted molar refractivity (Wildman–Crippen MR) is 80.3 cm³/mol. The van der Waals surface area contributed by atoms with Gasteiger partial charge in [-0.1, -0.05) is 12.1 Å². The van der Waals surface area contributed by atoms with Crippen LogP contribution >= 0.6 is 0 Å². The fraction of sp³-hybridized carbons (Fsp3) is 0.188. The number of rotatable bonds is 6. The summed E-state index contributed by atoms with van der Waals surface area (Å²) in [5.74, 6) is -0.0374. The molecule has 0 atom stereocenters. The summed E-state index contributed by atoms with van der Waals surface area (Å²) < 4.78 is 0. The van der Waals surface area contributed by atoms with Gasteiger partial charge in [-0.2, -0.15) is 5.26 Å². The van der Waals surface area contributed by atoms with Crippen molar-refractivity contribution < 1.29 is 4.79 Å². The van der Waals surface area contributed by atoms with Gasteiger partial charge in [0.25, 0.3) is 0 Å². The zero-order valence-electron chi connectivity index (χ0n) is 11.5. The number of benzene rings is 1. The topological polar surface area (TPSA) is 77.8 Å². The number of pyridine rings is 1. The summed E-state index contributed by atoms with van der Waals surface area (Å²) in [4.78, 5) is 15.8. The van der Waals surface area contributed by atoms with Crippen molar-refractivity contribution in [2.24, 2.45) is 0 Å². The van der Waals surface area contributed by atoms with Gasteiger partial charge in [-0.05, 0) is 30.3 Å². The lowest BCUT2D eigenvalue weighted by atomic mass is 10.2. The number of anilines is 1. The molecule has 1 aromatic heterocycles. The molecule has 2 aromatic rings. The lowest BCUT2D eigenvalue weighted by molar-refractivity contribution is -0.121. The van der Waals surface area contributed by atoms with Gasteiger partial charge in [0.2, 0.25) is 5.91 Å². The zero-order valence-corrected chi connectivity index (χ0v) is 11.5. The lowest BCUT2D eigenvalue weighted by Crippen LogP contribution is -2.25. The summed E-state index contributed by atoms with van der Waals surface area (Å²) in [6.07, 6.45) is 2.06. The Hall–Kier alpha value is -2.87. The van der Waals surface area contributed by atoms with Crippen LogP contribution < -0.4 is 10.6 Å². The van der Waals surface area contributed by atoms with Gasteiger partial charge in [-0.15, -0.1) is 0 Å². The lowest BCUT2D eigenvalue weighted by Gasteiger charge is -2.07. The number of nitrogens with one attached hydrogen (secondary N) is 2. The Morgan fingerprint density at radius 2 is 2.14 bits per heavy atom. The molecule has 21 heavy (non-hydrogen) atoms. The molecular formula is C16H16N4O. The molecule has 1 heterocycles. The smallest absolute Gasteiger partial charge is 0.222 e. The Morgan fingerprint density at radius 1 is 1.24 bits per heavy atom. The summed E-state index contributed by atoms with van der Waals surface area (Å²) in [7, 11) is 0. The molecule has 2 N–H and O–H groups in total. The van der Waals surface area contributed by atoms with E-state index in [0.717, 1.165) is 11.4 Å². The van der Waals surface area contributed by atoms with Gasteiger partial charge in [-0.25, -0.2) is 0 Å². The van der Waals surface area contributed by atoms with E-state index in [4.69, 9.17) is 5.26 Å². The molecule has 0 saturated carbocycles. The molecule has 1 aromatic carbocycles. The fourth-order valence-electron chi connectivity index (χ4n) is 1.80. The molecule has 5 nitrogen and oxygen atoms in total.